The summed E-state index contributed by atoms with van der Waals surface area (Å²) in [6.07, 6.45) is 0. The Morgan fingerprint density at radius 1 is 0.900 bits per heavy atom. The van der Waals surface area contributed by atoms with Gasteiger partial charge in [-0.1, -0.05) is 6.07 Å². The first-order chi connectivity index (χ1) is 9.50. The topological polar surface area (TPSA) is 43.8 Å². The van der Waals surface area contributed by atoms with Crippen LogP contribution >= 0.6 is 0 Å². The van der Waals surface area contributed by atoms with Gasteiger partial charge in [-0.25, -0.2) is 22.5 Å². The number of rotatable bonds is 1. The predicted molar refractivity (Wildman–Crippen MR) is 65.3 cm³/mol. The second kappa shape index (κ2) is 4.22. The van der Waals surface area contributed by atoms with E-state index in [-0.39, 0.29) is 22.7 Å². The minimum atomic E-state index is -1.62. The highest BCUT2D eigenvalue weighted by molar-refractivity contribution is 5.81. The molecule has 0 fully saturated rings. The third kappa shape index (κ3) is 1.63. The van der Waals surface area contributed by atoms with Gasteiger partial charge in [0.15, 0.2) is 23.3 Å². The number of aromatic nitrogens is 2. The van der Waals surface area contributed by atoms with Gasteiger partial charge in [0.1, 0.15) is 5.52 Å². The SMILES string of the molecule is Nc1nc2c(F)cccc2n1-c1ccc(F)c(F)c1F. The number of imidazole rings is 1. The van der Waals surface area contributed by atoms with Crippen LogP contribution in [0.3, 0.4) is 0 Å². The van der Waals surface area contributed by atoms with Gasteiger partial charge in [0.05, 0.1) is 11.2 Å². The van der Waals surface area contributed by atoms with Gasteiger partial charge in [-0.05, 0) is 24.3 Å². The van der Waals surface area contributed by atoms with E-state index < -0.39 is 23.3 Å². The largest absolute Gasteiger partial charge is 0.369 e. The lowest BCUT2D eigenvalue weighted by Gasteiger charge is -2.08. The maximum absolute atomic E-state index is 13.8. The van der Waals surface area contributed by atoms with E-state index in [0.29, 0.717) is 0 Å². The molecule has 1 aromatic heterocycles. The molecule has 2 N–H and O–H groups in total. The van der Waals surface area contributed by atoms with Gasteiger partial charge in [0, 0.05) is 0 Å². The van der Waals surface area contributed by atoms with E-state index in [2.05, 4.69) is 4.98 Å². The van der Waals surface area contributed by atoms with Crippen molar-refractivity contribution in [3.8, 4) is 5.69 Å². The molecular weight excluding hydrogens is 274 g/mol. The van der Waals surface area contributed by atoms with Crippen molar-refractivity contribution in [3.63, 3.8) is 0 Å². The number of hydrogen-bond acceptors (Lipinski definition) is 2. The summed E-state index contributed by atoms with van der Waals surface area (Å²) >= 11 is 0. The van der Waals surface area contributed by atoms with Gasteiger partial charge in [-0.2, -0.15) is 0 Å². The van der Waals surface area contributed by atoms with E-state index in [0.717, 1.165) is 16.7 Å². The monoisotopic (exact) mass is 281 g/mol. The van der Waals surface area contributed by atoms with Crippen LogP contribution in [0.15, 0.2) is 30.3 Å². The Bertz CT molecular complexity index is 826. The molecule has 0 atom stereocenters. The zero-order chi connectivity index (χ0) is 14.4. The van der Waals surface area contributed by atoms with Crippen LogP contribution in [0.2, 0.25) is 0 Å². The number of nitrogens with zero attached hydrogens (tertiary/aromatic N) is 2. The third-order valence-corrected chi connectivity index (χ3v) is 2.92. The summed E-state index contributed by atoms with van der Waals surface area (Å²) in [5.41, 5.74) is 5.36. The lowest BCUT2D eigenvalue weighted by Crippen LogP contribution is -2.05. The highest BCUT2D eigenvalue weighted by Gasteiger charge is 2.19. The molecule has 0 unspecified atom stereocenters. The minimum Gasteiger partial charge on any atom is -0.369 e. The van der Waals surface area contributed by atoms with Gasteiger partial charge < -0.3 is 5.73 Å². The Balaban J connectivity index is 2.39. The number of para-hydroxylation sites is 1. The van der Waals surface area contributed by atoms with Crippen molar-refractivity contribution in [1.82, 2.24) is 9.55 Å². The molecule has 0 bridgehead atoms. The average Bonchev–Trinajstić information content (AvgIpc) is 2.75. The summed E-state index contributed by atoms with van der Waals surface area (Å²) in [5.74, 6) is -5.23. The maximum Gasteiger partial charge on any atom is 0.206 e. The van der Waals surface area contributed by atoms with Crippen LogP contribution in [-0.2, 0) is 0 Å². The van der Waals surface area contributed by atoms with Gasteiger partial charge in [0.25, 0.3) is 0 Å². The highest BCUT2D eigenvalue weighted by Crippen LogP contribution is 2.27. The van der Waals surface area contributed by atoms with Crippen LogP contribution in [0, 0.1) is 23.3 Å². The van der Waals surface area contributed by atoms with E-state index in [1.807, 2.05) is 0 Å². The van der Waals surface area contributed by atoms with Gasteiger partial charge in [-0.15, -0.1) is 0 Å². The van der Waals surface area contributed by atoms with Crippen LogP contribution in [0.5, 0.6) is 0 Å². The smallest absolute Gasteiger partial charge is 0.206 e. The molecule has 0 amide bonds. The highest BCUT2D eigenvalue weighted by atomic mass is 19.2. The van der Waals surface area contributed by atoms with Crippen LogP contribution in [0.4, 0.5) is 23.5 Å². The Hall–Kier alpha value is -2.57. The number of hydrogen-bond donors (Lipinski definition) is 1. The molecule has 1 heterocycles. The van der Waals surface area contributed by atoms with E-state index >= 15 is 0 Å². The molecule has 3 aromatic rings. The lowest BCUT2D eigenvalue weighted by molar-refractivity contribution is 0.445. The first-order valence-corrected chi connectivity index (χ1v) is 5.57. The molecule has 7 heteroatoms. The molecule has 0 spiro atoms. The molecule has 2 aromatic carbocycles. The Morgan fingerprint density at radius 2 is 1.65 bits per heavy atom. The molecule has 0 radical (unpaired) electrons. The van der Waals surface area contributed by atoms with Crippen molar-refractivity contribution in [3.05, 3.63) is 53.6 Å². The van der Waals surface area contributed by atoms with E-state index in [1.54, 1.807) is 0 Å². The summed E-state index contributed by atoms with van der Waals surface area (Å²) in [6, 6.07) is 5.77. The normalized spacial score (nSPS) is 11.2. The molecule has 3 nitrogen and oxygen atoms in total. The van der Waals surface area contributed by atoms with E-state index in [1.165, 1.54) is 18.2 Å². The average molecular weight is 281 g/mol. The Morgan fingerprint density at radius 3 is 2.40 bits per heavy atom. The number of nitrogen functional groups attached to an aromatic ring is 1. The first-order valence-electron chi connectivity index (χ1n) is 5.57. The standard InChI is InChI=1S/C13H7F4N3/c14-6-4-5-8(11(17)10(6)16)20-9-3-1-2-7(15)12(9)19-13(20)18/h1-5H,(H2,18,19). The maximum atomic E-state index is 13.8. The summed E-state index contributed by atoms with van der Waals surface area (Å²) in [6.45, 7) is 0. The predicted octanol–water partition coefficient (Wildman–Crippen LogP) is 3.16. The molecule has 102 valence electrons. The van der Waals surface area contributed by atoms with E-state index in [9.17, 15) is 17.6 Å². The third-order valence-electron chi connectivity index (χ3n) is 2.92. The van der Waals surface area contributed by atoms with Crippen LogP contribution < -0.4 is 5.73 Å². The molecular formula is C13H7F4N3. The van der Waals surface area contributed by atoms with Crippen molar-refractivity contribution in [2.45, 2.75) is 0 Å². The number of halogens is 4. The zero-order valence-electron chi connectivity index (χ0n) is 9.87. The molecule has 0 aliphatic rings. The molecule has 0 saturated carbocycles. The Labute approximate surface area is 110 Å². The van der Waals surface area contributed by atoms with Gasteiger partial charge >= 0.3 is 0 Å². The number of benzene rings is 2. The van der Waals surface area contributed by atoms with Crippen molar-refractivity contribution in [2.24, 2.45) is 0 Å². The summed E-state index contributed by atoms with van der Waals surface area (Å²) in [4.78, 5) is 3.77. The van der Waals surface area contributed by atoms with Crippen molar-refractivity contribution in [1.29, 1.82) is 0 Å². The van der Waals surface area contributed by atoms with Crippen molar-refractivity contribution in [2.75, 3.05) is 5.73 Å². The van der Waals surface area contributed by atoms with Crippen LogP contribution in [0.25, 0.3) is 16.7 Å². The second-order valence-corrected chi connectivity index (χ2v) is 4.11. The minimum absolute atomic E-state index is 0.0749. The van der Waals surface area contributed by atoms with Crippen molar-refractivity contribution >= 4 is 17.0 Å². The summed E-state index contributed by atoms with van der Waals surface area (Å²) < 4.78 is 54.7. The van der Waals surface area contributed by atoms with Gasteiger partial charge in [-0.3, -0.25) is 4.57 Å². The van der Waals surface area contributed by atoms with Crippen molar-refractivity contribution < 1.29 is 17.6 Å². The quantitative estimate of drug-likeness (QED) is 0.550. The van der Waals surface area contributed by atoms with Gasteiger partial charge in [0.2, 0.25) is 5.95 Å². The first kappa shape index (κ1) is 12.5. The Kier molecular flexibility index (Phi) is 2.63. The van der Waals surface area contributed by atoms with E-state index in [4.69, 9.17) is 5.73 Å². The number of fused-ring (bicyclic) bond motifs is 1. The zero-order valence-corrected chi connectivity index (χ0v) is 9.87. The second-order valence-electron chi connectivity index (χ2n) is 4.11. The molecule has 0 saturated heterocycles. The summed E-state index contributed by atoms with van der Waals surface area (Å²) in [7, 11) is 0. The molecule has 0 aliphatic carbocycles. The van der Waals surface area contributed by atoms with Crippen LogP contribution in [0.1, 0.15) is 0 Å². The fourth-order valence-corrected chi connectivity index (χ4v) is 2.02. The molecule has 3 rings (SSSR count). The number of nitrogens with two attached hydrogens (primary N) is 1. The number of anilines is 1. The summed E-state index contributed by atoms with van der Waals surface area (Å²) in [5, 5.41) is 0. The lowest BCUT2D eigenvalue weighted by atomic mass is 10.2. The van der Waals surface area contributed by atoms with Crippen LogP contribution in [-0.4, -0.2) is 9.55 Å². The fourth-order valence-electron chi connectivity index (χ4n) is 2.02. The molecule has 20 heavy (non-hydrogen) atoms. The molecule has 0 aliphatic heterocycles. The fraction of sp³-hybridized carbons (Fsp3) is 0.